The molecule has 1 aliphatic rings. The van der Waals surface area contributed by atoms with Crippen LogP contribution in [0.25, 0.3) is 0 Å². The standard InChI is InChI=1S/C20H30N2O5/c1-20(2,3)27-19(24)22-12-13-25-17(14-22)10-11-21(4)18(23)26-15-16-8-6-5-7-9-16/h5-9,17H,10-15H2,1-4H3/t17-/m1/s1. The van der Waals surface area contributed by atoms with E-state index in [-0.39, 0.29) is 24.9 Å². The molecule has 7 nitrogen and oxygen atoms in total. The van der Waals surface area contributed by atoms with Gasteiger partial charge in [0.05, 0.1) is 19.3 Å². The van der Waals surface area contributed by atoms with E-state index in [0.29, 0.717) is 32.7 Å². The second kappa shape index (κ2) is 9.60. The lowest BCUT2D eigenvalue weighted by Gasteiger charge is -2.34. The molecule has 1 saturated heterocycles. The molecule has 1 aliphatic heterocycles. The van der Waals surface area contributed by atoms with Crippen molar-refractivity contribution in [1.29, 1.82) is 0 Å². The highest BCUT2D eigenvalue weighted by Crippen LogP contribution is 2.15. The normalized spacial score (nSPS) is 17.3. The fourth-order valence-corrected chi connectivity index (χ4v) is 2.64. The van der Waals surface area contributed by atoms with E-state index in [4.69, 9.17) is 14.2 Å². The number of hydrogen-bond donors (Lipinski definition) is 0. The number of carbonyl (C=O) groups is 2. The Bertz CT molecular complexity index is 615. The minimum Gasteiger partial charge on any atom is -0.445 e. The molecule has 150 valence electrons. The molecule has 0 unspecified atom stereocenters. The van der Waals surface area contributed by atoms with Gasteiger partial charge in [0.2, 0.25) is 0 Å². The van der Waals surface area contributed by atoms with Crippen molar-refractivity contribution in [2.24, 2.45) is 0 Å². The number of ether oxygens (including phenoxy) is 3. The Labute approximate surface area is 161 Å². The van der Waals surface area contributed by atoms with Gasteiger partial charge in [-0.1, -0.05) is 30.3 Å². The van der Waals surface area contributed by atoms with Crippen LogP contribution in [0, 0.1) is 0 Å². The average molecular weight is 378 g/mol. The van der Waals surface area contributed by atoms with E-state index < -0.39 is 5.60 Å². The predicted octanol–water partition coefficient (Wildman–Crippen LogP) is 3.28. The van der Waals surface area contributed by atoms with E-state index in [1.165, 1.54) is 4.90 Å². The van der Waals surface area contributed by atoms with Crippen molar-refractivity contribution in [1.82, 2.24) is 9.80 Å². The molecule has 1 heterocycles. The van der Waals surface area contributed by atoms with E-state index in [1.54, 1.807) is 11.9 Å². The quantitative estimate of drug-likeness (QED) is 0.786. The van der Waals surface area contributed by atoms with Crippen molar-refractivity contribution >= 4 is 12.2 Å². The molecule has 2 amide bonds. The Kier molecular flexibility index (Phi) is 7.47. The van der Waals surface area contributed by atoms with Crippen molar-refractivity contribution in [3.8, 4) is 0 Å². The van der Waals surface area contributed by atoms with Crippen LogP contribution in [0.5, 0.6) is 0 Å². The first-order valence-electron chi connectivity index (χ1n) is 9.26. The maximum absolute atomic E-state index is 12.2. The van der Waals surface area contributed by atoms with E-state index in [0.717, 1.165) is 5.56 Å². The van der Waals surface area contributed by atoms with Gasteiger partial charge in [0, 0.05) is 20.1 Å². The minimum atomic E-state index is -0.520. The molecule has 0 spiro atoms. The van der Waals surface area contributed by atoms with Gasteiger partial charge in [-0.05, 0) is 32.8 Å². The van der Waals surface area contributed by atoms with E-state index in [2.05, 4.69) is 0 Å². The average Bonchev–Trinajstić information content (AvgIpc) is 2.64. The molecule has 0 saturated carbocycles. The summed E-state index contributed by atoms with van der Waals surface area (Å²) in [5.74, 6) is 0. The van der Waals surface area contributed by atoms with Crippen LogP contribution in [0.4, 0.5) is 9.59 Å². The molecule has 1 fully saturated rings. The summed E-state index contributed by atoms with van der Waals surface area (Å²) in [5.41, 5.74) is 0.427. The number of carbonyl (C=O) groups excluding carboxylic acids is 2. The third-order valence-corrected chi connectivity index (χ3v) is 4.09. The van der Waals surface area contributed by atoms with Gasteiger partial charge in [-0.3, -0.25) is 0 Å². The van der Waals surface area contributed by atoms with Gasteiger partial charge in [0.1, 0.15) is 12.2 Å². The van der Waals surface area contributed by atoms with E-state index in [1.807, 2.05) is 51.1 Å². The molecule has 27 heavy (non-hydrogen) atoms. The zero-order valence-corrected chi connectivity index (χ0v) is 16.6. The highest BCUT2D eigenvalue weighted by molar-refractivity contribution is 5.68. The van der Waals surface area contributed by atoms with Crippen LogP contribution in [0.15, 0.2) is 30.3 Å². The van der Waals surface area contributed by atoms with Gasteiger partial charge >= 0.3 is 12.2 Å². The lowest BCUT2D eigenvalue weighted by molar-refractivity contribution is -0.0463. The third kappa shape index (κ3) is 7.46. The topological polar surface area (TPSA) is 68.3 Å². The van der Waals surface area contributed by atoms with Gasteiger partial charge in [-0.2, -0.15) is 0 Å². The van der Waals surface area contributed by atoms with Crippen molar-refractivity contribution in [2.75, 3.05) is 33.3 Å². The first kappa shape index (κ1) is 21.0. The molecule has 2 rings (SSSR count). The molecule has 0 aliphatic carbocycles. The Morgan fingerprint density at radius 3 is 2.63 bits per heavy atom. The van der Waals surface area contributed by atoms with Crippen LogP contribution in [0.2, 0.25) is 0 Å². The molecule has 7 heteroatoms. The van der Waals surface area contributed by atoms with Crippen LogP contribution >= 0.6 is 0 Å². The molecule has 1 aromatic carbocycles. The van der Waals surface area contributed by atoms with Crippen molar-refractivity contribution in [3.63, 3.8) is 0 Å². The van der Waals surface area contributed by atoms with Crippen molar-refractivity contribution in [2.45, 2.75) is 45.5 Å². The second-order valence-corrected chi connectivity index (χ2v) is 7.67. The highest BCUT2D eigenvalue weighted by Gasteiger charge is 2.28. The Balaban J connectivity index is 1.73. The van der Waals surface area contributed by atoms with E-state index >= 15 is 0 Å². The Hall–Kier alpha value is -2.28. The van der Waals surface area contributed by atoms with Gasteiger partial charge in [0.15, 0.2) is 0 Å². The smallest absolute Gasteiger partial charge is 0.410 e. The molecule has 0 N–H and O–H groups in total. The summed E-state index contributed by atoms with van der Waals surface area (Å²) in [6.45, 7) is 7.71. The summed E-state index contributed by atoms with van der Waals surface area (Å²) < 4.78 is 16.4. The van der Waals surface area contributed by atoms with Crippen molar-refractivity contribution < 1.29 is 23.8 Å². The van der Waals surface area contributed by atoms with E-state index in [9.17, 15) is 9.59 Å². The van der Waals surface area contributed by atoms with Gasteiger partial charge < -0.3 is 24.0 Å². The highest BCUT2D eigenvalue weighted by atomic mass is 16.6. The second-order valence-electron chi connectivity index (χ2n) is 7.67. The largest absolute Gasteiger partial charge is 0.445 e. The number of hydrogen-bond acceptors (Lipinski definition) is 5. The molecular formula is C20H30N2O5. The van der Waals surface area contributed by atoms with Crippen LogP contribution in [-0.2, 0) is 20.8 Å². The summed E-state index contributed by atoms with van der Waals surface area (Å²) in [6, 6.07) is 9.55. The lowest BCUT2D eigenvalue weighted by atomic mass is 10.2. The maximum atomic E-state index is 12.2. The van der Waals surface area contributed by atoms with Gasteiger partial charge in [0.25, 0.3) is 0 Å². The first-order chi connectivity index (χ1) is 12.7. The maximum Gasteiger partial charge on any atom is 0.410 e. The van der Waals surface area contributed by atoms with Crippen molar-refractivity contribution in [3.05, 3.63) is 35.9 Å². The summed E-state index contributed by atoms with van der Waals surface area (Å²) in [5, 5.41) is 0. The van der Waals surface area contributed by atoms with Crippen LogP contribution in [0.1, 0.15) is 32.8 Å². The first-order valence-corrected chi connectivity index (χ1v) is 9.26. The Morgan fingerprint density at radius 1 is 1.26 bits per heavy atom. The van der Waals surface area contributed by atoms with Crippen LogP contribution in [0.3, 0.4) is 0 Å². The van der Waals surface area contributed by atoms with Gasteiger partial charge in [-0.25, -0.2) is 9.59 Å². The summed E-state index contributed by atoms with van der Waals surface area (Å²) >= 11 is 0. The molecule has 1 atom stereocenters. The predicted molar refractivity (Wildman–Crippen MR) is 101 cm³/mol. The number of nitrogens with zero attached hydrogens (tertiary/aromatic N) is 2. The minimum absolute atomic E-state index is 0.129. The van der Waals surface area contributed by atoms with Gasteiger partial charge in [-0.15, -0.1) is 0 Å². The fourth-order valence-electron chi connectivity index (χ4n) is 2.64. The molecule has 0 aromatic heterocycles. The monoisotopic (exact) mass is 378 g/mol. The van der Waals surface area contributed by atoms with Crippen LogP contribution in [-0.4, -0.2) is 67.0 Å². The number of rotatable bonds is 5. The number of morpholine rings is 1. The molecule has 0 bridgehead atoms. The summed E-state index contributed by atoms with van der Waals surface area (Å²) in [6.07, 6.45) is -0.211. The summed E-state index contributed by atoms with van der Waals surface area (Å²) in [4.78, 5) is 27.5. The third-order valence-electron chi connectivity index (χ3n) is 4.09. The number of benzene rings is 1. The fraction of sp³-hybridized carbons (Fsp3) is 0.600. The molecule has 1 aromatic rings. The summed E-state index contributed by atoms with van der Waals surface area (Å²) in [7, 11) is 1.70. The molecule has 0 radical (unpaired) electrons. The van der Waals surface area contributed by atoms with Crippen LogP contribution < -0.4 is 0 Å². The SMILES string of the molecule is CN(CC[C@@H]1CN(C(=O)OC(C)(C)C)CCO1)C(=O)OCc1ccccc1. The number of amides is 2. The zero-order chi connectivity index (χ0) is 19.9. The lowest BCUT2D eigenvalue weighted by Crippen LogP contribution is -2.48. The molecular weight excluding hydrogens is 348 g/mol. The Morgan fingerprint density at radius 2 is 1.96 bits per heavy atom. The zero-order valence-electron chi connectivity index (χ0n) is 16.6.